The molecule has 1 aromatic carbocycles. The molecule has 1 aliphatic heterocycles. The van der Waals surface area contributed by atoms with Crippen molar-refractivity contribution in [1.82, 2.24) is 9.80 Å². The number of hydrogen-bond acceptors (Lipinski definition) is 3. The van der Waals surface area contributed by atoms with E-state index in [1.807, 2.05) is 42.3 Å². The molecule has 104 valence electrons. The Kier molecular flexibility index (Phi) is 4.56. The minimum atomic E-state index is -0.198. The van der Waals surface area contributed by atoms with Gasteiger partial charge in [-0.15, -0.1) is 0 Å². The maximum atomic E-state index is 12.7. The Balaban J connectivity index is 2.21. The van der Waals surface area contributed by atoms with Crippen molar-refractivity contribution in [1.29, 1.82) is 0 Å². The average molecular weight is 261 g/mol. The van der Waals surface area contributed by atoms with Gasteiger partial charge in [0.1, 0.15) is 6.04 Å². The molecule has 0 spiro atoms. The number of carbonyl (C=O) groups is 1. The summed E-state index contributed by atoms with van der Waals surface area (Å²) in [5, 5.41) is 0. The van der Waals surface area contributed by atoms with Gasteiger partial charge >= 0.3 is 0 Å². The van der Waals surface area contributed by atoms with Crippen molar-refractivity contribution >= 4 is 5.91 Å². The maximum Gasteiger partial charge on any atom is 0.244 e. The Morgan fingerprint density at radius 3 is 2.68 bits per heavy atom. The van der Waals surface area contributed by atoms with Gasteiger partial charge in [-0.25, -0.2) is 0 Å². The summed E-state index contributed by atoms with van der Waals surface area (Å²) < 4.78 is 0. The average Bonchev–Trinajstić information content (AvgIpc) is 2.86. The molecule has 19 heavy (non-hydrogen) atoms. The van der Waals surface area contributed by atoms with Crippen molar-refractivity contribution in [2.45, 2.75) is 25.4 Å². The van der Waals surface area contributed by atoms with Gasteiger partial charge in [-0.3, -0.25) is 9.69 Å². The molecule has 1 heterocycles. The first kappa shape index (κ1) is 14.0. The number of amides is 1. The van der Waals surface area contributed by atoms with E-state index in [4.69, 9.17) is 5.73 Å². The Hall–Kier alpha value is -1.39. The predicted octanol–water partition coefficient (Wildman–Crippen LogP) is 1.24. The lowest BCUT2D eigenvalue weighted by molar-refractivity contribution is -0.135. The largest absolute Gasteiger partial charge is 0.339 e. The zero-order valence-electron chi connectivity index (χ0n) is 11.7. The molecule has 0 aromatic heterocycles. The molecule has 1 fully saturated rings. The van der Waals surface area contributed by atoms with E-state index < -0.39 is 0 Å². The van der Waals surface area contributed by atoms with Crippen molar-refractivity contribution in [2.24, 2.45) is 5.73 Å². The van der Waals surface area contributed by atoms with Crippen LogP contribution in [0.15, 0.2) is 30.3 Å². The van der Waals surface area contributed by atoms with Crippen LogP contribution in [0.25, 0.3) is 0 Å². The van der Waals surface area contributed by atoms with E-state index in [0.717, 1.165) is 25.1 Å². The fourth-order valence-electron chi connectivity index (χ4n) is 2.56. The van der Waals surface area contributed by atoms with Crippen LogP contribution in [-0.2, 0) is 4.79 Å². The fourth-order valence-corrected chi connectivity index (χ4v) is 2.56. The molecule has 0 unspecified atom stereocenters. The molecule has 0 bridgehead atoms. The van der Waals surface area contributed by atoms with E-state index in [9.17, 15) is 4.79 Å². The quantitative estimate of drug-likeness (QED) is 0.887. The Morgan fingerprint density at radius 2 is 2.16 bits per heavy atom. The van der Waals surface area contributed by atoms with Crippen LogP contribution in [0.1, 0.15) is 24.9 Å². The van der Waals surface area contributed by atoms with Crippen molar-refractivity contribution in [3.63, 3.8) is 0 Å². The second kappa shape index (κ2) is 6.17. The lowest BCUT2D eigenvalue weighted by Gasteiger charge is -2.30. The van der Waals surface area contributed by atoms with E-state index >= 15 is 0 Å². The van der Waals surface area contributed by atoms with Gasteiger partial charge in [0.15, 0.2) is 0 Å². The number of carbonyl (C=O) groups excluding carboxylic acids is 1. The smallest absolute Gasteiger partial charge is 0.244 e. The monoisotopic (exact) mass is 261 g/mol. The maximum absolute atomic E-state index is 12.7. The highest BCUT2D eigenvalue weighted by molar-refractivity contribution is 5.83. The normalized spacial score (nSPS) is 20.8. The zero-order chi connectivity index (χ0) is 13.8. The molecule has 1 saturated heterocycles. The first-order valence-electron chi connectivity index (χ1n) is 6.93. The second-order valence-electron chi connectivity index (χ2n) is 5.22. The Labute approximate surface area is 115 Å². The van der Waals surface area contributed by atoms with Gasteiger partial charge in [-0.05, 0) is 25.6 Å². The van der Waals surface area contributed by atoms with E-state index in [1.54, 1.807) is 0 Å². The minimum Gasteiger partial charge on any atom is -0.339 e. The molecular weight excluding hydrogens is 238 g/mol. The third-order valence-corrected chi connectivity index (χ3v) is 3.83. The van der Waals surface area contributed by atoms with Crippen LogP contribution < -0.4 is 5.73 Å². The molecule has 1 aromatic rings. The third-order valence-electron chi connectivity index (χ3n) is 3.83. The summed E-state index contributed by atoms with van der Waals surface area (Å²) in [6.07, 6.45) is 0.906. The van der Waals surface area contributed by atoms with Gasteiger partial charge < -0.3 is 10.6 Å². The van der Waals surface area contributed by atoms with Gasteiger partial charge in [-0.1, -0.05) is 37.3 Å². The van der Waals surface area contributed by atoms with Crippen molar-refractivity contribution < 1.29 is 4.79 Å². The van der Waals surface area contributed by atoms with E-state index in [2.05, 4.69) is 11.8 Å². The van der Waals surface area contributed by atoms with E-state index in [1.165, 1.54) is 0 Å². The number of likely N-dealkylation sites (N-methyl/N-ethyl adjacent to an activating group) is 1. The molecule has 0 saturated carbocycles. The summed E-state index contributed by atoms with van der Waals surface area (Å²) in [4.78, 5) is 16.7. The zero-order valence-corrected chi connectivity index (χ0v) is 11.7. The number of benzene rings is 1. The lowest BCUT2D eigenvalue weighted by atomic mass is 10.0. The van der Waals surface area contributed by atoms with Crippen LogP contribution in [0.4, 0.5) is 0 Å². The van der Waals surface area contributed by atoms with Crippen LogP contribution in [0.5, 0.6) is 0 Å². The summed E-state index contributed by atoms with van der Waals surface area (Å²) in [6, 6.07) is 9.91. The minimum absolute atomic E-state index is 0.132. The SMILES string of the molecule is CCN(C)[C@@H](C(=O)N1CC[C@@H](N)C1)c1ccccc1. The summed E-state index contributed by atoms with van der Waals surface area (Å²) in [5.41, 5.74) is 6.96. The molecule has 4 nitrogen and oxygen atoms in total. The molecule has 4 heteroatoms. The summed E-state index contributed by atoms with van der Waals surface area (Å²) in [6.45, 7) is 4.37. The van der Waals surface area contributed by atoms with Gasteiger partial charge in [0.2, 0.25) is 5.91 Å². The molecular formula is C15H23N3O. The molecule has 0 radical (unpaired) electrons. The van der Waals surface area contributed by atoms with Crippen molar-refractivity contribution in [3.05, 3.63) is 35.9 Å². The van der Waals surface area contributed by atoms with Crippen LogP contribution in [0.2, 0.25) is 0 Å². The third kappa shape index (κ3) is 3.14. The summed E-state index contributed by atoms with van der Waals surface area (Å²) in [5.74, 6) is 0.170. The highest BCUT2D eigenvalue weighted by Crippen LogP contribution is 2.23. The van der Waals surface area contributed by atoms with Crippen LogP contribution in [-0.4, -0.2) is 48.4 Å². The van der Waals surface area contributed by atoms with Crippen molar-refractivity contribution in [2.75, 3.05) is 26.7 Å². The number of likely N-dealkylation sites (tertiary alicyclic amines) is 1. The molecule has 1 amide bonds. The summed E-state index contributed by atoms with van der Waals surface area (Å²) >= 11 is 0. The standard InChI is InChI=1S/C15H23N3O/c1-3-17(2)14(12-7-5-4-6-8-12)15(19)18-10-9-13(16)11-18/h4-8,13-14H,3,9-11,16H2,1-2H3/t13-,14-/m1/s1. The summed E-state index contributed by atoms with van der Waals surface area (Å²) in [7, 11) is 1.99. The first-order valence-corrected chi connectivity index (χ1v) is 6.93. The fraction of sp³-hybridized carbons (Fsp3) is 0.533. The Morgan fingerprint density at radius 1 is 1.47 bits per heavy atom. The molecule has 2 atom stereocenters. The first-order chi connectivity index (χ1) is 9.13. The van der Waals surface area contributed by atoms with Gasteiger partial charge in [0, 0.05) is 19.1 Å². The predicted molar refractivity (Wildman–Crippen MR) is 76.7 cm³/mol. The van der Waals surface area contributed by atoms with Crippen LogP contribution >= 0.6 is 0 Å². The molecule has 0 aliphatic carbocycles. The van der Waals surface area contributed by atoms with Gasteiger partial charge in [-0.2, -0.15) is 0 Å². The number of hydrogen-bond donors (Lipinski definition) is 1. The van der Waals surface area contributed by atoms with E-state index in [0.29, 0.717) is 6.54 Å². The topological polar surface area (TPSA) is 49.6 Å². The molecule has 1 aliphatic rings. The second-order valence-corrected chi connectivity index (χ2v) is 5.22. The number of nitrogens with two attached hydrogens (primary N) is 1. The van der Waals surface area contributed by atoms with Gasteiger partial charge in [0.25, 0.3) is 0 Å². The number of nitrogens with zero attached hydrogens (tertiary/aromatic N) is 2. The van der Waals surface area contributed by atoms with E-state index in [-0.39, 0.29) is 18.0 Å². The van der Waals surface area contributed by atoms with Crippen LogP contribution in [0, 0.1) is 0 Å². The number of rotatable bonds is 4. The van der Waals surface area contributed by atoms with Gasteiger partial charge in [0.05, 0.1) is 0 Å². The highest BCUT2D eigenvalue weighted by Gasteiger charge is 2.32. The van der Waals surface area contributed by atoms with Crippen LogP contribution in [0.3, 0.4) is 0 Å². The Bertz CT molecular complexity index is 421. The van der Waals surface area contributed by atoms with Crippen molar-refractivity contribution in [3.8, 4) is 0 Å². The molecule has 2 rings (SSSR count). The molecule has 2 N–H and O–H groups in total. The highest BCUT2D eigenvalue weighted by atomic mass is 16.2. The lowest BCUT2D eigenvalue weighted by Crippen LogP contribution is -2.41.